The van der Waals surface area contributed by atoms with Crippen LogP contribution < -0.4 is 10.6 Å². The molecule has 0 N–H and O–H groups in total. The summed E-state index contributed by atoms with van der Waals surface area (Å²) in [7, 11) is -2.62. The van der Waals surface area contributed by atoms with Crippen molar-refractivity contribution in [3.8, 4) is 0 Å². The Balaban J connectivity index is 1.92. The summed E-state index contributed by atoms with van der Waals surface area (Å²) >= 11 is 0. The molecule has 3 rings (SSSR count). The van der Waals surface area contributed by atoms with Gasteiger partial charge >= 0.3 is 0 Å². The van der Waals surface area contributed by atoms with Crippen LogP contribution in [0.25, 0.3) is 0 Å². The van der Waals surface area contributed by atoms with Gasteiger partial charge in [-0.25, -0.2) is 0 Å². The van der Waals surface area contributed by atoms with E-state index in [0.717, 1.165) is 29.9 Å². The number of benzene rings is 2. The van der Waals surface area contributed by atoms with E-state index in [0.29, 0.717) is 12.1 Å². The lowest BCUT2D eigenvalue weighted by Crippen LogP contribution is -2.18. The molecule has 0 aliphatic heterocycles. The first kappa shape index (κ1) is 17.0. The first-order valence-corrected chi connectivity index (χ1v) is 10.5. The molecule has 2 heteroatoms. The van der Waals surface area contributed by atoms with Crippen LogP contribution >= 0.6 is 7.14 Å². The Hall–Kier alpha value is -1.85. The number of hydrogen-bond acceptors (Lipinski definition) is 1. The van der Waals surface area contributed by atoms with Gasteiger partial charge in [-0.05, 0) is 25.2 Å². The Bertz CT molecular complexity index is 731. The molecule has 0 saturated heterocycles. The van der Waals surface area contributed by atoms with Crippen LogP contribution in [0.2, 0.25) is 0 Å². The van der Waals surface area contributed by atoms with Crippen molar-refractivity contribution < 1.29 is 4.57 Å². The Morgan fingerprint density at radius 2 is 1.54 bits per heavy atom. The van der Waals surface area contributed by atoms with Crippen molar-refractivity contribution in [2.24, 2.45) is 5.92 Å². The maximum Gasteiger partial charge on any atom is 0.146 e. The summed E-state index contributed by atoms with van der Waals surface area (Å²) in [5.74, 6) is 0.540. The number of hydrogen-bond donors (Lipinski definition) is 0. The Morgan fingerprint density at radius 1 is 1.00 bits per heavy atom. The normalized spacial score (nSPS) is 20.3. The minimum absolute atomic E-state index is 0.540. The van der Waals surface area contributed by atoms with Crippen LogP contribution in [-0.2, 0) is 4.57 Å². The minimum Gasteiger partial charge on any atom is -0.313 e. The second kappa shape index (κ2) is 7.36. The van der Waals surface area contributed by atoms with Gasteiger partial charge in [0.2, 0.25) is 0 Å². The molecule has 0 bridgehead atoms. The zero-order valence-electron chi connectivity index (χ0n) is 14.3. The molecule has 24 heavy (non-hydrogen) atoms. The third-order valence-corrected chi connectivity index (χ3v) is 7.98. The maximum atomic E-state index is 13.9. The standard InChI is InChI=1S/C22H25OP/c1-18-13-14-20(17-19(18)2)15-16-24(23,21-9-5-3-6-10-21)22-11-7-4-8-12-22/h3-12,15,19H,1,13-14,16-17H2,2H3/b20-15+/t19-/m1/s1. The average Bonchev–Trinajstić information content (AvgIpc) is 2.64. The van der Waals surface area contributed by atoms with Crippen LogP contribution in [0.15, 0.2) is 84.5 Å². The summed E-state index contributed by atoms with van der Waals surface area (Å²) < 4.78 is 13.9. The number of allylic oxidation sites excluding steroid dienone is 3. The summed E-state index contributed by atoms with van der Waals surface area (Å²) in [6, 6.07) is 19.9. The zero-order valence-corrected chi connectivity index (χ0v) is 15.2. The largest absolute Gasteiger partial charge is 0.313 e. The van der Waals surface area contributed by atoms with Crippen LogP contribution in [0.5, 0.6) is 0 Å². The molecule has 1 nitrogen and oxygen atoms in total. The van der Waals surface area contributed by atoms with Crippen molar-refractivity contribution in [2.75, 3.05) is 6.16 Å². The SMILES string of the molecule is C=C1CC/C(=C\CP(=O)(c2ccccc2)c2ccccc2)C[C@H]1C. The smallest absolute Gasteiger partial charge is 0.146 e. The van der Waals surface area contributed by atoms with Crippen LogP contribution in [-0.4, -0.2) is 6.16 Å². The quantitative estimate of drug-likeness (QED) is 0.547. The molecule has 0 spiro atoms. The summed E-state index contributed by atoms with van der Waals surface area (Å²) in [4.78, 5) is 0. The van der Waals surface area contributed by atoms with Gasteiger partial charge < -0.3 is 4.57 Å². The molecular weight excluding hydrogens is 311 g/mol. The van der Waals surface area contributed by atoms with E-state index in [1.165, 1.54) is 11.1 Å². The second-order valence-electron chi connectivity index (χ2n) is 6.72. The van der Waals surface area contributed by atoms with E-state index in [1.807, 2.05) is 60.7 Å². The van der Waals surface area contributed by atoms with E-state index in [-0.39, 0.29) is 0 Å². The van der Waals surface area contributed by atoms with Gasteiger partial charge in [0.1, 0.15) is 7.14 Å². The molecule has 1 aliphatic rings. The second-order valence-corrected chi connectivity index (χ2v) is 9.60. The molecule has 1 saturated carbocycles. The molecule has 0 radical (unpaired) electrons. The molecule has 1 aliphatic carbocycles. The fourth-order valence-corrected chi connectivity index (χ4v) is 5.89. The number of rotatable bonds is 4. The van der Waals surface area contributed by atoms with Crippen molar-refractivity contribution in [3.05, 3.63) is 84.5 Å². The van der Waals surface area contributed by atoms with Crippen molar-refractivity contribution in [1.82, 2.24) is 0 Å². The lowest BCUT2D eigenvalue weighted by Gasteiger charge is -2.24. The van der Waals surface area contributed by atoms with Crippen molar-refractivity contribution in [2.45, 2.75) is 26.2 Å². The highest BCUT2D eigenvalue weighted by Gasteiger charge is 2.26. The molecule has 2 aromatic carbocycles. The van der Waals surface area contributed by atoms with Gasteiger partial charge in [0.15, 0.2) is 0 Å². The molecule has 0 amide bonds. The average molecular weight is 336 g/mol. The highest BCUT2D eigenvalue weighted by Crippen LogP contribution is 2.44. The first-order valence-electron chi connectivity index (χ1n) is 8.65. The van der Waals surface area contributed by atoms with E-state index >= 15 is 0 Å². The van der Waals surface area contributed by atoms with Crippen LogP contribution in [0.3, 0.4) is 0 Å². The predicted molar refractivity (Wildman–Crippen MR) is 105 cm³/mol. The predicted octanol–water partition coefficient (Wildman–Crippen LogP) is 5.30. The Labute approximate surface area is 145 Å². The third-order valence-electron chi connectivity index (χ3n) is 5.02. The first-order chi connectivity index (χ1) is 11.6. The summed E-state index contributed by atoms with van der Waals surface area (Å²) in [6.07, 6.45) is 6.03. The van der Waals surface area contributed by atoms with Gasteiger partial charge in [-0.2, -0.15) is 0 Å². The van der Waals surface area contributed by atoms with Crippen LogP contribution in [0, 0.1) is 5.92 Å². The molecule has 1 fully saturated rings. The molecule has 124 valence electrons. The Morgan fingerprint density at radius 3 is 2.04 bits per heavy atom. The molecule has 1 atom stereocenters. The lowest BCUT2D eigenvalue weighted by atomic mass is 9.83. The highest BCUT2D eigenvalue weighted by molar-refractivity contribution is 7.78. The minimum atomic E-state index is -2.62. The van der Waals surface area contributed by atoms with Gasteiger partial charge in [-0.15, -0.1) is 0 Å². The fraction of sp³-hybridized carbons (Fsp3) is 0.273. The van der Waals surface area contributed by atoms with Crippen molar-refractivity contribution >= 4 is 17.8 Å². The highest BCUT2D eigenvalue weighted by atomic mass is 31.2. The van der Waals surface area contributed by atoms with Gasteiger partial charge in [0, 0.05) is 16.8 Å². The monoisotopic (exact) mass is 336 g/mol. The molecule has 0 unspecified atom stereocenters. The van der Waals surface area contributed by atoms with E-state index in [4.69, 9.17) is 0 Å². The third kappa shape index (κ3) is 3.62. The zero-order chi connectivity index (χ0) is 17.0. The molecular formula is C22H25OP. The lowest BCUT2D eigenvalue weighted by molar-refractivity contribution is 0.573. The fourth-order valence-electron chi connectivity index (χ4n) is 3.35. The van der Waals surface area contributed by atoms with Crippen LogP contribution in [0.1, 0.15) is 26.2 Å². The molecule has 0 aromatic heterocycles. The summed E-state index contributed by atoms with van der Waals surface area (Å²) in [6.45, 7) is 6.39. The Kier molecular flexibility index (Phi) is 5.21. The van der Waals surface area contributed by atoms with E-state index in [2.05, 4.69) is 19.6 Å². The van der Waals surface area contributed by atoms with E-state index < -0.39 is 7.14 Å². The summed E-state index contributed by atoms with van der Waals surface area (Å²) in [5, 5.41) is 1.89. The van der Waals surface area contributed by atoms with Crippen LogP contribution in [0.4, 0.5) is 0 Å². The van der Waals surface area contributed by atoms with Gasteiger partial charge in [0.25, 0.3) is 0 Å². The van der Waals surface area contributed by atoms with Gasteiger partial charge in [-0.1, -0.05) is 91.4 Å². The summed E-state index contributed by atoms with van der Waals surface area (Å²) in [5.41, 5.74) is 2.78. The van der Waals surface area contributed by atoms with Crippen molar-refractivity contribution in [3.63, 3.8) is 0 Å². The van der Waals surface area contributed by atoms with E-state index in [9.17, 15) is 4.57 Å². The van der Waals surface area contributed by atoms with Gasteiger partial charge in [-0.3, -0.25) is 0 Å². The molecule has 2 aromatic rings. The van der Waals surface area contributed by atoms with Crippen molar-refractivity contribution in [1.29, 1.82) is 0 Å². The van der Waals surface area contributed by atoms with Gasteiger partial charge in [0.05, 0.1) is 0 Å². The maximum absolute atomic E-state index is 13.9. The topological polar surface area (TPSA) is 17.1 Å². The van der Waals surface area contributed by atoms with E-state index in [1.54, 1.807) is 0 Å². The molecule has 0 heterocycles.